The van der Waals surface area contributed by atoms with Gasteiger partial charge in [0.25, 0.3) is 5.91 Å². The SMILES string of the molecule is CC(C)(F)COc1ccc(C(=O)N2CCC3(c4ccccn4)OCOC3C2)cc1Cl. The molecule has 4 rings (SSSR count). The molecule has 2 atom stereocenters. The number of alkyl halides is 1. The van der Waals surface area contributed by atoms with Gasteiger partial charge in [-0.25, -0.2) is 4.39 Å². The van der Waals surface area contributed by atoms with Crippen molar-refractivity contribution in [1.29, 1.82) is 0 Å². The van der Waals surface area contributed by atoms with Gasteiger partial charge in [0.05, 0.1) is 17.3 Å². The first-order valence-corrected chi connectivity index (χ1v) is 10.2. The van der Waals surface area contributed by atoms with Gasteiger partial charge in [0, 0.05) is 24.7 Å². The maximum atomic E-state index is 13.7. The van der Waals surface area contributed by atoms with E-state index in [9.17, 15) is 9.18 Å². The molecule has 1 amide bonds. The summed E-state index contributed by atoms with van der Waals surface area (Å²) in [7, 11) is 0. The molecule has 0 saturated carbocycles. The molecule has 8 heteroatoms. The first kappa shape index (κ1) is 21.0. The zero-order chi connectivity index (χ0) is 21.4. The monoisotopic (exact) mass is 434 g/mol. The summed E-state index contributed by atoms with van der Waals surface area (Å²) in [6.07, 6.45) is 2.02. The fourth-order valence-corrected chi connectivity index (χ4v) is 4.06. The van der Waals surface area contributed by atoms with Crippen LogP contribution in [0.25, 0.3) is 0 Å². The maximum Gasteiger partial charge on any atom is 0.254 e. The van der Waals surface area contributed by atoms with Gasteiger partial charge in [-0.05, 0) is 44.2 Å². The molecular weight excluding hydrogens is 411 g/mol. The number of carbonyl (C=O) groups is 1. The number of benzene rings is 1. The van der Waals surface area contributed by atoms with Crippen molar-refractivity contribution in [2.24, 2.45) is 0 Å². The third-order valence-corrected chi connectivity index (χ3v) is 5.68. The number of carbonyl (C=O) groups excluding carboxylic acids is 1. The van der Waals surface area contributed by atoms with Crippen LogP contribution in [0.15, 0.2) is 42.6 Å². The molecule has 6 nitrogen and oxygen atoms in total. The second kappa shape index (κ2) is 8.13. The molecule has 2 unspecified atom stereocenters. The molecule has 2 aliphatic heterocycles. The standard InChI is InChI=1S/C22H24ClFN2O4/c1-21(2,24)13-28-17-7-6-15(11-16(17)23)20(27)26-10-8-22(18-5-3-4-9-25-18)19(12-26)29-14-30-22/h3-7,9,11,19H,8,10,12-14H2,1-2H3. The van der Waals surface area contributed by atoms with Crippen LogP contribution >= 0.6 is 11.6 Å². The van der Waals surface area contributed by atoms with Crippen molar-refractivity contribution in [3.05, 3.63) is 58.9 Å². The number of nitrogens with zero attached hydrogens (tertiary/aromatic N) is 2. The largest absolute Gasteiger partial charge is 0.489 e. The summed E-state index contributed by atoms with van der Waals surface area (Å²) in [5.41, 5.74) is -0.849. The van der Waals surface area contributed by atoms with Crippen molar-refractivity contribution >= 4 is 17.5 Å². The Labute approximate surface area is 179 Å². The zero-order valence-electron chi connectivity index (χ0n) is 16.9. The molecule has 160 valence electrons. The Morgan fingerprint density at radius 2 is 2.23 bits per heavy atom. The van der Waals surface area contributed by atoms with E-state index in [0.29, 0.717) is 30.8 Å². The summed E-state index contributed by atoms with van der Waals surface area (Å²) in [6, 6.07) is 10.5. The first-order chi connectivity index (χ1) is 14.3. The third-order valence-electron chi connectivity index (χ3n) is 5.38. The van der Waals surface area contributed by atoms with Crippen LogP contribution in [-0.2, 0) is 15.1 Å². The molecule has 2 saturated heterocycles. The molecule has 2 aromatic rings. The quantitative estimate of drug-likeness (QED) is 0.712. The summed E-state index contributed by atoms with van der Waals surface area (Å²) in [6.45, 7) is 3.79. The molecule has 0 aliphatic carbocycles. The van der Waals surface area contributed by atoms with E-state index < -0.39 is 11.3 Å². The number of amides is 1. The Morgan fingerprint density at radius 3 is 2.93 bits per heavy atom. The lowest BCUT2D eigenvalue weighted by Gasteiger charge is -2.41. The highest BCUT2D eigenvalue weighted by Crippen LogP contribution is 2.42. The summed E-state index contributed by atoms with van der Waals surface area (Å²) in [5, 5.41) is 0.269. The fourth-order valence-electron chi connectivity index (χ4n) is 3.82. The molecule has 3 heterocycles. The fraction of sp³-hybridized carbons (Fsp3) is 0.455. The van der Waals surface area contributed by atoms with E-state index in [4.69, 9.17) is 25.8 Å². The van der Waals surface area contributed by atoms with E-state index in [1.54, 1.807) is 29.3 Å². The number of ether oxygens (including phenoxy) is 3. The number of rotatable bonds is 5. The normalized spacial score (nSPS) is 23.9. The Bertz CT molecular complexity index is 921. The van der Waals surface area contributed by atoms with Crippen LogP contribution < -0.4 is 4.74 Å². The molecule has 0 spiro atoms. The highest BCUT2D eigenvalue weighted by molar-refractivity contribution is 6.32. The Kier molecular flexibility index (Phi) is 5.70. The number of hydrogen-bond acceptors (Lipinski definition) is 5. The number of aromatic nitrogens is 1. The van der Waals surface area contributed by atoms with Crippen LogP contribution in [0.4, 0.5) is 4.39 Å². The summed E-state index contributed by atoms with van der Waals surface area (Å²) in [4.78, 5) is 19.3. The van der Waals surface area contributed by atoms with E-state index in [1.165, 1.54) is 13.8 Å². The van der Waals surface area contributed by atoms with E-state index in [1.807, 2.05) is 18.2 Å². The van der Waals surface area contributed by atoms with Gasteiger partial charge >= 0.3 is 0 Å². The van der Waals surface area contributed by atoms with Crippen LogP contribution in [0, 0.1) is 0 Å². The minimum absolute atomic E-state index is 0.124. The predicted octanol–water partition coefficient (Wildman–Crippen LogP) is 3.98. The molecule has 30 heavy (non-hydrogen) atoms. The van der Waals surface area contributed by atoms with Crippen molar-refractivity contribution < 1.29 is 23.4 Å². The topological polar surface area (TPSA) is 60.9 Å². The summed E-state index contributed by atoms with van der Waals surface area (Å²) in [5.74, 6) is 0.193. The number of hydrogen-bond donors (Lipinski definition) is 0. The third kappa shape index (κ3) is 4.15. The van der Waals surface area contributed by atoms with Crippen molar-refractivity contribution in [2.75, 3.05) is 26.5 Å². The summed E-state index contributed by atoms with van der Waals surface area (Å²) >= 11 is 6.26. The van der Waals surface area contributed by atoms with Gasteiger partial charge in [0.15, 0.2) is 0 Å². The summed E-state index contributed by atoms with van der Waals surface area (Å²) < 4.78 is 30.8. The zero-order valence-corrected chi connectivity index (χ0v) is 17.7. The lowest BCUT2D eigenvalue weighted by molar-refractivity contribution is -0.0470. The van der Waals surface area contributed by atoms with Crippen molar-refractivity contribution in [1.82, 2.24) is 9.88 Å². The first-order valence-electron chi connectivity index (χ1n) is 9.86. The predicted molar refractivity (Wildman–Crippen MR) is 109 cm³/mol. The number of likely N-dealkylation sites (tertiary alicyclic amines) is 1. The minimum Gasteiger partial charge on any atom is -0.489 e. The minimum atomic E-state index is -1.48. The Morgan fingerprint density at radius 1 is 1.40 bits per heavy atom. The van der Waals surface area contributed by atoms with Crippen LogP contribution in [0.5, 0.6) is 5.75 Å². The van der Waals surface area contributed by atoms with E-state index in [0.717, 1.165) is 5.69 Å². The molecule has 0 N–H and O–H groups in total. The molecule has 2 fully saturated rings. The number of fused-ring (bicyclic) bond motifs is 1. The molecule has 2 aliphatic rings. The second-order valence-electron chi connectivity index (χ2n) is 8.18. The van der Waals surface area contributed by atoms with Gasteiger partial charge in [-0.1, -0.05) is 17.7 Å². The van der Waals surface area contributed by atoms with Crippen molar-refractivity contribution in [2.45, 2.75) is 37.6 Å². The van der Waals surface area contributed by atoms with Crippen molar-refractivity contribution in [3.63, 3.8) is 0 Å². The maximum absolute atomic E-state index is 13.7. The van der Waals surface area contributed by atoms with Crippen LogP contribution in [0.1, 0.15) is 36.3 Å². The average Bonchev–Trinajstić information content (AvgIpc) is 3.16. The lowest BCUT2D eigenvalue weighted by Crippen LogP contribution is -2.53. The molecular formula is C22H24ClFN2O4. The lowest BCUT2D eigenvalue weighted by atomic mass is 9.85. The van der Waals surface area contributed by atoms with Gasteiger partial charge in [-0.2, -0.15) is 0 Å². The molecule has 1 aromatic carbocycles. The smallest absolute Gasteiger partial charge is 0.254 e. The van der Waals surface area contributed by atoms with Crippen LogP contribution in [0.3, 0.4) is 0 Å². The Balaban J connectivity index is 1.47. The van der Waals surface area contributed by atoms with E-state index in [2.05, 4.69) is 4.98 Å². The van der Waals surface area contributed by atoms with Crippen molar-refractivity contribution in [3.8, 4) is 5.75 Å². The average molecular weight is 435 g/mol. The molecule has 0 radical (unpaired) electrons. The van der Waals surface area contributed by atoms with Gasteiger partial charge in [-0.3, -0.25) is 9.78 Å². The number of pyridine rings is 1. The van der Waals surface area contributed by atoms with Gasteiger partial charge in [0.1, 0.15) is 36.5 Å². The van der Waals surface area contributed by atoms with E-state index in [-0.39, 0.29) is 30.4 Å². The van der Waals surface area contributed by atoms with Gasteiger partial charge in [-0.15, -0.1) is 0 Å². The Hall–Kier alpha value is -2.22. The molecule has 0 bridgehead atoms. The van der Waals surface area contributed by atoms with Gasteiger partial charge in [0.2, 0.25) is 0 Å². The van der Waals surface area contributed by atoms with Gasteiger partial charge < -0.3 is 19.1 Å². The number of halogens is 2. The van der Waals surface area contributed by atoms with E-state index >= 15 is 0 Å². The molecule has 1 aromatic heterocycles. The van der Waals surface area contributed by atoms with Crippen LogP contribution in [-0.4, -0.2) is 54.1 Å². The highest BCUT2D eigenvalue weighted by Gasteiger charge is 2.52. The second-order valence-corrected chi connectivity index (χ2v) is 8.58. The number of piperidine rings is 1. The van der Waals surface area contributed by atoms with Crippen LogP contribution in [0.2, 0.25) is 5.02 Å². The highest BCUT2D eigenvalue weighted by atomic mass is 35.5.